The molecular formula is C23H24N4O3S. The summed E-state index contributed by atoms with van der Waals surface area (Å²) in [5.74, 6) is 0. The van der Waals surface area contributed by atoms with Gasteiger partial charge in [-0.05, 0) is 38.1 Å². The second-order valence-corrected chi connectivity index (χ2v) is 8.92. The predicted molar refractivity (Wildman–Crippen MR) is 121 cm³/mol. The lowest BCUT2D eigenvalue weighted by molar-refractivity contribution is -0.0424. The van der Waals surface area contributed by atoms with Crippen LogP contribution in [0.3, 0.4) is 0 Å². The zero-order chi connectivity index (χ0) is 21.5. The molecule has 0 amide bonds. The van der Waals surface area contributed by atoms with Gasteiger partial charge >= 0.3 is 0 Å². The number of ether oxygens (including phenoxy) is 1. The topological polar surface area (TPSA) is 83.1 Å². The van der Waals surface area contributed by atoms with Crippen LogP contribution in [-0.2, 0) is 4.74 Å². The van der Waals surface area contributed by atoms with Crippen molar-refractivity contribution in [2.24, 2.45) is 0 Å². The number of hydrogen-bond donors (Lipinski definition) is 2. The average molecular weight is 437 g/mol. The Kier molecular flexibility index (Phi) is 5.23. The molecule has 1 aliphatic heterocycles. The number of hydrogen-bond acceptors (Lipinski definition) is 7. The lowest BCUT2D eigenvalue weighted by atomic mass is 10.1. The maximum absolute atomic E-state index is 9.24. The monoisotopic (exact) mass is 436 g/mol. The van der Waals surface area contributed by atoms with Gasteiger partial charge in [0.25, 0.3) is 0 Å². The molecule has 7 nitrogen and oxygen atoms in total. The first-order valence-corrected chi connectivity index (χ1v) is 11.1. The maximum atomic E-state index is 9.24. The smallest absolute Gasteiger partial charge is 0.213 e. The fourth-order valence-corrected chi connectivity index (χ4v) is 4.87. The number of aromatic nitrogens is 3. The Balaban J connectivity index is 1.35. The summed E-state index contributed by atoms with van der Waals surface area (Å²) in [6.45, 7) is 6.02. The largest absolute Gasteiger partial charge is 0.372 e. The summed E-state index contributed by atoms with van der Waals surface area (Å²) in [5.41, 5.74) is 4.43. The van der Waals surface area contributed by atoms with Gasteiger partial charge in [0, 0.05) is 35.5 Å². The molecule has 2 unspecified atom stereocenters. The minimum atomic E-state index is -1.47. The molecule has 8 heteroatoms. The highest BCUT2D eigenvalue weighted by molar-refractivity contribution is 7.19. The highest BCUT2D eigenvalue weighted by atomic mass is 32.1. The van der Waals surface area contributed by atoms with E-state index in [0.717, 1.165) is 39.9 Å². The fourth-order valence-electron chi connectivity index (χ4n) is 3.99. The molecule has 3 heterocycles. The van der Waals surface area contributed by atoms with E-state index in [2.05, 4.69) is 48.0 Å². The van der Waals surface area contributed by atoms with Gasteiger partial charge < -0.3 is 19.8 Å². The number of rotatable bonds is 4. The van der Waals surface area contributed by atoms with Crippen LogP contribution in [0, 0.1) is 0 Å². The number of nitrogens with zero attached hydrogens (tertiary/aromatic N) is 4. The summed E-state index contributed by atoms with van der Waals surface area (Å²) in [6, 6.07) is 15.5. The average Bonchev–Trinajstić information content (AvgIpc) is 3.33. The van der Waals surface area contributed by atoms with Gasteiger partial charge in [-0.1, -0.05) is 35.6 Å². The van der Waals surface area contributed by atoms with Crippen LogP contribution >= 0.6 is 11.3 Å². The number of benzene rings is 2. The quantitative estimate of drug-likeness (QED) is 0.475. The molecule has 0 aliphatic carbocycles. The van der Waals surface area contributed by atoms with Crippen LogP contribution in [0.25, 0.3) is 26.8 Å². The lowest BCUT2D eigenvalue weighted by Crippen LogP contribution is -2.45. The van der Waals surface area contributed by atoms with Crippen molar-refractivity contribution in [1.29, 1.82) is 0 Å². The second kappa shape index (κ2) is 8.05. The van der Waals surface area contributed by atoms with E-state index < -0.39 is 6.29 Å². The van der Waals surface area contributed by atoms with E-state index in [9.17, 15) is 10.2 Å². The Morgan fingerprint density at radius 1 is 0.968 bits per heavy atom. The first-order chi connectivity index (χ1) is 15.0. The van der Waals surface area contributed by atoms with Gasteiger partial charge in [-0.25, -0.2) is 9.50 Å². The molecule has 1 fully saturated rings. The number of fused-ring (bicyclic) bond motifs is 1. The molecule has 2 aromatic heterocycles. The molecular weight excluding hydrogens is 412 g/mol. The van der Waals surface area contributed by atoms with Crippen molar-refractivity contribution in [3.05, 3.63) is 60.3 Å². The van der Waals surface area contributed by atoms with Crippen molar-refractivity contribution >= 4 is 22.0 Å². The Bertz CT molecular complexity index is 1140. The third kappa shape index (κ3) is 4.07. The highest BCUT2D eigenvalue weighted by Gasteiger charge is 2.22. The molecule has 0 spiro atoms. The standard InChI is InChI=1S/C23H24N4O3S/c1-14-11-26(12-15(2)30-14)19-9-7-17(8-10-19)21-25-27-13-20(24-23(27)31-21)16-3-5-18(6-4-16)22(28)29/h3-10,13-15,22,28-29H,11-12H2,1-2H3. The number of aliphatic hydroxyl groups excluding tert-OH is 1. The molecule has 0 radical (unpaired) electrons. The Morgan fingerprint density at radius 3 is 2.23 bits per heavy atom. The lowest BCUT2D eigenvalue weighted by Gasteiger charge is -2.36. The van der Waals surface area contributed by atoms with Crippen LogP contribution in [0.1, 0.15) is 25.7 Å². The normalized spacial score (nSPS) is 19.5. The van der Waals surface area contributed by atoms with Gasteiger partial charge in [-0.2, -0.15) is 5.10 Å². The van der Waals surface area contributed by atoms with E-state index in [-0.39, 0.29) is 12.2 Å². The molecule has 4 aromatic rings. The second-order valence-electron chi connectivity index (χ2n) is 7.97. The molecule has 160 valence electrons. The molecule has 2 N–H and O–H groups in total. The molecule has 0 saturated carbocycles. The van der Waals surface area contributed by atoms with Crippen LogP contribution in [-0.4, -0.2) is 50.1 Å². The molecule has 31 heavy (non-hydrogen) atoms. The van der Waals surface area contributed by atoms with E-state index in [1.54, 1.807) is 28.0 Å². The first-order valence-electron chi connectivity index (χ1n) is 10.3. The van der Waals surface area contributed by atoms with E-state index >= 15 is 0 Å². The number of aliphatic hydroxyl groups is 2. The summed E-state index contributed by atoms with van der Waals surface area (Å²) in [5, 5.41) is 24.1. The minimum Gasteiger partial charge on any atom is -0.372 e. The van der Waals surface area contributed by atoms with Gasteiger partial charge in [0.2, 0.25) is 4.96 Å². The molecule has 5 rings (SSSR count). The number of morpholine rings is 1. The van der Waals surface area contributed by atoms with Crippen molar-refractivity contribution in [2.45, 2.75) is 32.3 Å². The highest BCUT2D eigenvalue weighted by Crippen LogP contribution is 2.30. The molecule has 1 aliphatic rings. The van der Waals surface area contributed by atoms with Crippen LogP contribution in [0.5, 0.6) is 0 Å². The maximum Gasteiger partial charge on any atom is 0.213 e. The van der Waals surface area contributed by atoms with Crippen molar-refractivity contribution in [3.8, 4) is 21.8 Å². The van der Waals surface area contributed by atoms with Crippen LogP contribution in [0.15, 0.2) is 54.7 Å². The summed E-state index contributed by atoms with van der Waals surface area (Å²) < 4.78 is 7.63. The van der Waals surface area contributed by atoms with Gasteiger partial charge in [-0.3, -0.25) is 0 Å². The zero-order valence-electron chi connectivity index (χ0n) is 17.3. The number of anilines is 1. The molecule has 0 bridgehead atoms. The summed E-state index contributed by atoms with van der Waals surface area (Å²) in [7, 11) is 0. The van der Waals surface area contributed by atoms with Crippen molar-refractivity contribution in [1.82, 2.24) is 14.6 Å². The van der Waals surface area contributed by atoms with E-state index in [1.807, 2.05) is 18.3 Å². The third-order valence-electron chi connectivity index (χ3n) is 5.45. The molecule has 2 aromatic carbocycles. The van der Waals surface area contributed by atoms with Crippen LogP contribution < -0.4 is 4.90 Å². The van der Waals surface area contributed by atoms with E-state index in [0.29, 0.717) is 5.56 Å². The molecule has 2 atom stereocenters. The predicted octanol–water partition coefficient (Wildman–Crippen LogP) is 3.72. The van der Waals surface area contributed by atoms with E-state index in [4.69, 9.17) is 9.84 Å². The van der Waals surface area contributed by atoms with Crippen LogP contribution in [0.4, 0.5) is 5.69 Å². The van der Waals surface area contributed by atoms with Crippen LogP contribution in [0.2, 0.25) is 0 Å². The van der Waals surface area contributed by atoms with Crippen molar-refractivity contribution in [3.63, 3.8) is 0 Å². The Hall–Kier alpha value is -2.78. The minimum absolute atomic E-state index is 0.231. The third-order valence-corrected chi connectivity index (χ3v) is 6.42. The first kappa shape index (κ1) is 20.1. The Labute approximate surface area is 184 Å². The molecule has 1 saturated heterocycles. The van der Waals surface area contributed by atoms with Crippen molar-refractivity contribution < 1.29 is 14.9 Å². The number of imidazole rings is 1. The van der Waals surface area contributed by atoms with Gasteiger partial charge in [0.05, 0.1) is 24.1 Å². The Morgan fingerprint density at radius 2 is 1.61 bits per heavy atom. The zero-order valence-corrected chi connectivity index (χ0v) is 18.2. The van der Waals surface area contributed by atoms with Gasteiger partial charge in [0.1, 0.15) is 5.01 Å². The van der Waals surface area contributed by atoms with Gasteiger partial charge in [0.15, 0.2) is 6.29 Å². The SMILES string of the molecule is CC1CN(c2ccc(-c3nn4cc(-c5ccc(C(O)O)cc5)nc4s3)cc2)CC(C)O1. The van der Waals surface area contributed by atoms with Gasteiger partial charge in [-0.15, -0.1) is 0 Å². The van der Waals surface area contributed by atoms with Crippen molar-refractivity contribution in [2.75, 3.05) is 18.0 Å². The fraction of sp³-hybridized carbons (Fsp3) is 0.304. The summed E-state index contributed by atoms with van der Waals surface area (Å²) in [4.78, 5) is 7.86. The van der Waals surface area contributed by atoms with E-state index in [1.165, 1.54) is 5.69 Å². The summed E-state index contributed by atoms with van der Waals surface area (Å²) in [6.07, 6.45) is 0.888. The summed E-state index contributed by atoms with van der Waals surface area (Å²) >= 11 is 1.54.